The van der Waals surface area contributed by atoms with Gasteiger partial charge in [0, 0.05) is 5.69 Å². The third-order valence-corrected chi connectivity index (χ3v) is 1.80. The van der Waals surface area contributed by atoms with Crippen LogP contribution in [0.1, 0.15) is 11.3 Å². The molecule has 0 atom stereocenters. The second-order valence-electron chi connectivity index (χ2n) is 2.41. The highest BCUT2D eigenvalue weighted by atomic mass is 35.5. The van der Waals surface area contributed by atoms with Gasteiger partial charge in [-0.25, -0.2) is 4.98 Å². The van der Waals surface area contributed by atoms with Crippen molar-refractivity contribution in [3.05, 3.63) is 28.5 Å². The highest BCUT2D eigenvalue weighted by Crippen LogP contribution is 2.10. The first kappa shape index (κ1) is 8.88. The molecular weight excluding hydrogens is 178 g/mol. The van der Waals surface area contributed by atoms with Crippen LogP contribution in [-0.2, 0) is 6.42 Å². The molecule has 0 radical (unpaired) electrons. The topological polar surface area (TPSA) is 12.9 Å². The molecule has 1 rings (SSSR count). The Bertz CT molecular complexity index is 230. The van der Waals surface area contributed by atoms with Gasteiger partial charge in [0.15, 0.2) is 0 Å². The van der Waals surface area contributed by atoms with Crippen LogP contribution >= 0.6 is 24.2 Å². The van der Waals surface area contributed by atoms with Crippen molar-refractivity contribution in [3.63, 3.8) is 0 Å². The third-order valence-electron chi connectivity index (χ3n) is 1.38. The molecule has 3 heteroatoms. The van der Waals surface area contributed by atoms with Crippen LogP contribution in [0.25, 0.3) is 0 Å². The van der Waals surface area contributed by atoms with E-state index in [1.165, 1.54) is 5.56 Å². The highest BCUT2D eigenvalue weighted by Gasteiger charge is 1.96. The van der Waals surface area contributed by atoms with E-state index >= 15 is 0 Å². The van der Waals surface area contributed by atoms with Crippen LogP contribution in [0.15, 0.2) is 12.1 Å². The number of aromatic nitrogens is 1. The number of aryl methyl sites for hydroxylation is 2. The standard InChI is InChI=1S/C8H10ClNS/c1-6-4-7(2-3-11)5-8(9)10-6/h4-5,11H,2-3H2,1H3. The van der Waals surface area contributed by atoms with Crippen molar-refractivity contribution >= 4 is 24.2 Å². The number of rotatable bonds is 2. The lowest BCUT2D eigenvalue weighted by molar-refractivity contribution is 1.10. The molecular formula is C8H10ClNS. The molecule has 1 aromatic rings. The Labute approximate surface area is 77.2 Å². The lowest BCUT2D eigenvalue weighted by Crippen LogP contribution is -1.90. The number of halogens is 1. The zero-order valence-corrected chi connectivity index (χ0v) is 7.99. The normalized spacial score (nSPS) is 10.1. The predicted molar refractivity (Wildman–Crippen MR) is 51.5 cm³/mol. The van der Waals surface area contributed by atoms with Gasteiger partial charge in [-0.15, -0.1) is 0 Å². The molecule has 1 heterocycles. The van der Waals surface area contributed by atoms with E-state index in [9.17, 15) is 0 Å². The summed E-state index contributed by atoms with van der Waals surface area (Å²) < 4.78 is 0. The molecule has 11 heavy (non-hydrogen) atoms. The largest absolute Gasteiger partial charge is 0.241 e. The maximum atomic E-state index is 5.75. The zero-order chi connectivity index (χ0) is 8.27. The van der Waals surface area contributed by atoms with Crippen molar-refractivity contribution in [2.75, 3.05) is 5.75 Å². The van der Waals surface area contributed by atoms with Gasteiger partial charge in [0.2, 0.25) is 0 Å². The summed E-state index contributed by atoms with van der Waals surface area (Å²) in [6.45, 7) is 1.94. The van der Waals surface area contributed by atoms with Crippen molar-refractivity contribution in [1.82, 2.24) is 4.98 Å². The fraction of sp³-hybridized carbons (Fsp3) is 0.375. The molecule has 60 valence electrons. The molecule has 0 aliphatic rings. The van der Waals surface area contributed by atoms with Gasteiger partial charge in [-0.1, -0.05) is 11.6 Å². The van der Waals surface area contributed by atoms with E-state index < -0.39 is 0 Å². The molecule has 1 aromatic heterocycles. The van der Waals surface area contributed by atoms with Crippen LogP contribution in [0.3, 0.4) is 0 Å². The molecule has 0 aliphatic carbocycles. The third kappa shape index (κ3) is 2.72. The van der Waals surface area contributed by atoms with Crippen LogP contribution in [-0.4, -0.2) is 10.7 Å². The van der Waals surface area contributed by atoms with Crippen molar-refractivity contribution in [2.24, 2.45) is 0 Å². The van der Waals surface area contributed by atoms with E-state index in [-0.39, 0.29) is 0 Å². The molecule has 1 nitrogen and oxygen atoms in total. The molecule has 0 amide bonds. The summed E-state index contributed by atoms with van der Waals surface area (Å²) in [4.78, 5) is 4.06. The maximum absolute atomic E-state index is 5.75. The van der Waals surface area contributed by atoms with E-state index in [1.807, 2.05) is 19.1 Å². The number of pyridine rings is 1. The minimum Gasteiger partial charge on any atom is -0.241 e. The fourth-order valence-electron chi connectivity index (χ4n) is 0.969. The zero-order valence-electron chi connectivity index (χ0n) is 6.34. The Morgan fingerprint density at radius 2 is 2.27 bits per heavy atom. The van der Waals surface area contributed by atoms with Crippen molar-refractivity contribution in [3.8, 4) is 0 Å². The summed E-state index contributed by atoms with van der Waals surface area (Å²) in [6.07, 6.45) is 0.951. The van der Waals surface area contributed by atoms with Gasteiger partial charge in [-0.2, -0.15) is 12.6 Å². The van der Waals surface area contributed by atoms with Gasteiger partial charge in [-0.3, -0.25) is 0 Å². The van der Waals surface area contributed by atoms with E-state index in [4.69, 9.17) is 11.6 Å². The molecule has 0 unspecified atom stereocenters. The summed E-state index contributed by atoms with van der Waals surface area (Å²) >= 11 is 9.89. The number of hydrogen-bond donors (Lipinski definition) is 1. The van der Waals surface area contributed by atoms with Crippen LogP contribution in [0.5, 0.6) is 0 Å². The molecule has 0 aliphatic heterocycles. The molecule has 0 N–H and O–H groups in total. The summed E-state index contributed by atoms with van der Waals surface area (Å²) in [5, 5.41) is 0.571. The van der Waals surface area contributed by atoms with Gasteiger partial charge in [0.1, 0.15) is 5.15 Å². The quantitative estimate of drug-likeness (QED) is 0.555. The van der Waals surface area contributed by atoms with Crippen molar-refractivity contribution in [2.45, 2.75) is 13.3 Å². The monoisotopic (exact) mass is 187 g/mol. The fourth-order valence-corrected chi connectivity index (χ4v) is 1.50. The molecule has 0 aromatic carbocycles. The first-order chi connectivity index (χ1) is 5.22. The summed E-state index contributed by atoms with van der Waals surface area (Å²) in [5.41, 5.74) is 2.17. The van der Waals surface area contributed by atoms with Gasteiger partial charge in [0.05, 0.1) is 0 Å². The Morgan fingerprint density at radius 1 is 1.55 bits per heavy atom. The highest BCUT2D eigenvalue weighted by molar-refractivity contribution is 7.80. The molecule has 0 bridgehead atoms. The van der Waals surface area contributed by atoms with E-state index in [0.29, 0.717) is 5.15 Å². The van der Waals surface area contributed by atoms with Crippen LogP contribution < -0.4 is 0 Å². The predicted octanol–water partition coefficient (Wildman–Crippen LogP) is 2.52. The summed E-state index contributed by atoms with van der Waals surface area (Å²) in [6, 6.07) is 3.91. The molecule has 0 saturated carbocycles. The maximum Gasteiger partial charge on any atom is 0.129 e. The van der Waals surface area contributed by atoms with Crippen LogP contribution in [0.4, 0.5) is 0 Å². The average Bonchev–Trinajstić information content (AvgIpc) is 1.85. The molecule has 0 spiro atoms. The van der Waals surface area contributed by atoms with Gasteiger partial charge < -0.3 is 0 Å². The van der Waals surface area contributed by atoms with Gasteiger partial charge in [0.25, 0.3) is 0 Å². The second-order valence-corrected chi connectivity index (χ2v) is 3.25. The van der Waals surface area contributed by atoms with Gasteiger partial charge >= 0.3 is 0 Å². The van der Waals surface area contributed by atoms with E-state index in [0.717, 1.165) is 17.9 Å². The van der Waals surface area contributed by atoms with E-state index in [1.54, 1.807) is 0 Å². The average molecular weight is 188 g/mol. The Kier molecular flexibility index (Phi) is 3.21. The molecule has 0 fully saturated rings. The molecule has 0 saturated heterocycles. The minimum atomic E-state index is 0.571. The van der Waals surface area contributed by atoms with Gasteiger partial charge in [-0.05, 0) is 36.8 Å². The van der Waals surface area contributed by atoms with Crippen molar-refractivity contribution in [1.29, 1.82) is 0 Å². The number of hydrogen-bond acceptors (Lipinski definition) is 2. The van der Waals surface area contributed by atoms with E-state index in [2.05, 4.69) is 17.6 Å². The van der Waals surface area contributed by atoms with Crippen LogP contribution in [0.2, 0.25) is 5.15 Å². The SMILES string of the molecule is Cc1cc(CCS)cc(Cl)n1. The Balaban J connectivity index is 2.89. The first-order valence-electron chi connectivity index (χ1n) is 3.46. The minimum absolute atomic E-state index is 0.571. The lowest BCUT2D eigenvalue weighted by Gasteiger charge is -1.99. The Morgan fingerprint density at radius 3 is 2.82 bits per heavy atom. The Hall–Kier alpha value is -0.210. The summed E-state index contributed by atoms with van der Waals surface area (Å²) in [5.74, 6) is 0.847. The number of thiol groups is 1. The van der Waals surface area contributed by atoms with Crippen molar-refractivity contribution < 1.29 is 0 Å². The van der Waals surface area contributed by atoms with Crippen LogP contribution in [0, 0.1) is 6.92 Å². The second kappa shape index (κ2) is 3.98. The smallest absolute Gasteiger partial charge is 0.129 e. The summed E-state index contributed by atoms with van der Waals surface area (Å²) in [7, 11) is 0. The first-order valence-corrected chi connectivity index (χ1v) is 4.47. The number of nitrogens with zero attached hydrogens (tertiary/aromatic N) is 1. The lowest BCUT2D eigenvalue weighted by atomic mass is 10.2.